The molecule has 0 spiro atoms. The number of rotatable bonds is 0. The first-order valence-corrected chi connectivity index (χ1v) is 7.32. The molecule has 1 aromatic heterocycles. The quantitative estimate of drug-likeness (QED) is 0.660. The monoisotopic (exact) mass is 336 g/mol. The first kappa shape index (κ1) is 15.0. The number of aromatic nitrogens is 1. The van der Waals surface area contributed by atoms with Gasteiger partial charge in [0.2, 0.25) is 5.91 Å². The number of fused-ring (bicyclic) bond motifs is 2. The second kappa shape index (κ2) is 5.71. The average molecular weight is 337 g/mol. The highest BCUT2D eigenvalue weighted by Gasteiger charge is 2.20. The third-order valence-electron chi connectivity index (χ3n) is 3.46. The van der Waals surface area contributed by atoms with Crippen molar-refractivity contribution in [1.29, 1.82) is 0 Å². The maximum atomic E-state index is 13.7. The molecule has 6 heteroatoms. The van der Waals surface area contributed by atoms with Crippen LogP contribution in [0.2, 0.25) is 10.2 Å². The van der Waals surface area contributed by atoms with Gasteiger partial charge in [0, 0.05) is 17.5 Å². The molecule has 3 nitrogen and oxygen atoms in total. The van der Waals surface area contributed by atoms with Crippen molar-refractivity contribution in [2.75, 3.05) is 4.90 Å². The minimum absolute atomic E-state index is 0.153. The second-order valence-corrected chi connectivity index (χ2v) is 5.74. The third kappa shape index (κ3) is 2.72. The highest BCUT2D eigenvalue weighted by molar-refractivity contribution is 6.31. The minimum atomic E-state index is -0.603. The van der Waals surface area contributed by atoms with E-state index in [1.54, 1.807) is 35.3 Å². The first-order valence-electron chi connectivity index (χ1n) is 6.56. The molecule has 0 saturated carbocycles. The first-order chi connectivity index (χ1) is 10.5. The summed E-state index contributed by atoms with van der Waals surface area (Å²) >= 11 is 11.8. The van der Waals surface area contributed by atoms with E-state index < -0.39 is 5.82 Å². The zero-order valence-corrected chi connectivity index (χ0v) is 13.1. The zero-order chi connectivity index (χ0) is 15.9. The van der Waals surface area contributed by atoms with Crippen LogP contribution >= 0.6 is 23.2 Å². The summed E-state index contributed by atoms with van der Waals surface area (Å²) in [6.07, 6.45) is 3.53. The minimum Gasteiger partial charge on any atom is -0.308 e. The van der Waals surface area contributed by atoms with E-state index >= 15 is 0 Å². The SMILES string of the molecule is CC(=O)N1Cc2cc(F)c(Cl)nc2C=Cc2cc(Cl)ccc21. The second-order valence-electron chi connectivity index (χ2n) is 4.95. The predicted octanol–water partition coefficient (Wildman–Crippen LogP) is 4.56. The fraction of sp³-hybridized carbons (Fsp3) is 0.125. The molecule has 22 heavy (non-hydrogen) atoms. The van der Waals surface area contributed by atoms with Crippen molar-refractivity contribution >= 4 is 46.9 Å². The van der Waals surface area contributed by atoms with Gasteiger partial charge in [-0.25, -0.2) is 9.37 Å². The summed E-state index contributed by atoms with van der Waals surface area (Å²) in [5.74, 6) is -0.755. The number of halogens is 3. The lowest BCUT2D eigenvalue weighted by Crippen LogP contribution is -2.29. The molecular weight excluding hydrogens is 326 g/mol. The summed E-state index contributed by atoms with van der Waals surface area (Å²) in [4.78, 5) is 17.6. The molecule has 1 aromatic carbocycles. The molecule has 0 fully saturated rings. The highest BCUT2D eigenvalue weighted by atomic mass is 35.5. The maximum Gasteiger partial charge on any atom is 0.224 e. The number of hydrogen-bond donors (Lipinski definition) is 0. The molecule has 0 atom stereocenters. The number of amides is 1. The maximum absolute atomic E-state index is 13.7. The van der Waals surface area contributed by atoms with Gasteiger partial charge in [-0.1, -0.05) is 29.3 Å². The molecule has 1 aliphatic heterocycles. The molecule has 1 amide bonds. The van der Waals surface area contributed by atoms with Crippen LogP contribution in [0, 0.1) is 5.82 Å². The van der Waals surface area contributed by atoms with Crippen LogP contribution in [0.5, 0.6) is 0 Å². The Hall–Kier alpha value is -1.91. The van der Waals surface area contributed by atoms with E-state index in [2.05, 4.69) is 4.98 Å². The van der Waals surface area contributed by atoms with Crippen molar-refractivity contribution < 1.29 is 9.18 Å². The van der Waals surface area contributed by atoms with Gasteiger partial charge in [-0.2, -0.15) is 0 Å². The van der Waals surface area contributed by atoms with Crippen molar-refractivity contribution in [3.63, 3.8) is 0 Å². The van der Waals surface area contributed by atoms with Crippen LogP contribution in [0.1, 0.15) is 23.7 Å². The Morgan fingerprint density at radius 1 is 1.27 bits per heavy atom. The van der Waals surface area contributed by atoms with Gasteiger partial charge in [-0.05, 0) is 35.9 Å². The van der Waals surface area contributed by atoms with E-state index in [0.717, 1.165) is 5.56 Å². The van der Waals surface area contributed by atoms with E-state index in [-0.39, 0.29) is 17.6 Å². The van der Waals surface area contributed by atoms with Gasteiger partial charge in [0.1, 0.15) is 0 Å². The molecule has 0 unspecified atom stereocenters. The molecule has 0 radical (unpaired) electrons. The number of carbonyl (C=O) groups is 1. The Morgan fingerprint density at radius 3 is 2.77 bits per heavy atom. The van der Waals surface area contributed by atoms with Gasteiger partial charge in [0.25, 0.3) is 0 Å². The number of anilines is 1. The number of pyridine rings is 1. The molecule has 2 aromatic rings. The van der Waals surface area contributed by atoms with Crippen molar-refractivity contribution in [2.45, 2.75) is 13.5 Å². The predicted molar refractivity (Wildman–Crippen MR) is 86.4 cm³/mol. The molecule has 0 saturated heterocycles. The largest absolute Gasteiger partial charge is 0.308 e. The lowest BCUT2D eigenvalue weighted by molar-refractivity contribution is -0.116. The number of hydrogen-bond acceptors (Lipinski definition) is 2. The Kier molecular flexibility index (Phi) is 3.89. The van der Waals surface area contributed by atoms with Gasteiger partial charge in [-0.3, -0.25) is 4.79 Å². The fourth-order valence-corrected chi connectivity index (χ4v) is 2.72. The van der Waals surface area contributed by atoms with Crippen molar-refractivity contribution in [2.24, 2.45) is 0 Å². The molecule has 0 N–H and O–H groups in total. The van der Waals surface area contributed by atoms with Crippen LogP contribution in [0.3, 0.4) is 0 Å². The summed E-state index contributed by atoms with van der Waals surface area (Å²) in [5.41, 5.74) is 2.63. The van der Waals surface area contributed by atoms with Gasteiger partial charge in [0.05, 0.1) is 17.9 Å². The lowest BCUT2D eigenvalue weighted by Gasteiger charge is -2.25. The smallest absolute Gasteiger partial charge is 0.224 e. The van der Waals surface area contributed by atoms with E-state index in [1.807, 2.05) is 0 Å². The molecule has 0 bridgehead atoms. The van der Waals surface area contributed by atoms with Gasteiger partial charge in [0.15, 0.2) is 11.0 Å². The van der Waals surface area contributed by atoms with Crippen LogP contribution in [0.15, 0.2) is 24.3 Å². The standard InChI is InChI=1S/C16H11Cl2FN2O/c1-9(22)21-8-11-7-13(19)16(18)20-14(11)4-2-10-6-12(17)3-5-15(10)21/h2-7H,8H2,1H3. The molecule has 3 rings (SSSR count). The lowest BCUT2D eigenvalue weighted by atomic mass is 10.0. The topological polar surface area (TPSA) is 33.2 Å². The third-order valence-corrected chi connectivity index (χ3v) is 3.96. The zero-order valence-electron chi connectivity index (χ0n) is 11.6. The van der Waals surface area contributed by atoms with Crippen molar-refractivity contribution in [3.05, 3.63) is 57.1 Å². The number of carbonyl (C=O) groups excluding carboxylic acids is 1. The molecular formula is C16H11Cl2FN2O. The molecule has 112 valence electrons. The Bertz CT molecular complexity index is 805. The van der Waals surface area contributed by atoms with Crippen LogP contribution in [-0.2, 0) is 11.3 Å². The Morgan fingerprint density at radius 2 is 2.05 bits per heavy atom. The summed E-state index contributed by atoms with van der Waals surface area (Å²) < 4.78 is 13.7. The molecule has 0 aliphatic carbocycles. The van der Waals surface area contributed by atoms with Crippen molar-refractivity contribution in [1.82, 2.24) is 4.98 Å². The average Bonchev–Trinajstić information content (AvgIpc) is 2.45. The van der Waals surface area contributed by atoms with Gasteiger partial charge < -0.3 is 4.90 Å². The Labute approximate surface area is 137 Å². The van der Waals surface area contributed by atoms with Gasteiger partial charge in [-0.15, -0.1) is 0 Å². The van der Waals surface area contributed by atoms with Gasteiger partial charge >= 0.3 is 0 Å². The van der Waals surface area contributed by atoms with E-state index in [9.17, 15) is 9.18 Å². The number of benzene rings is 1. The van der Waals surface area contributed by atoms with Crippen LogP contribution in [-0.4, -0.2) is 10.9 Å². The fourth-order valence-electron chi connectivity index (χ4n) is 2.40. The highest BCUT2D eigenvalue weighted by Crippen LogP contribution is 2.31. The normalized spacial score (nSPS) is 13.2. The van der Waals surface area contributed by atoms with E-state index in [1.165, 1.54) is 13.0 Å². The molecule has 2 heterocycles. The summed E-state index contributed by atoms with van der Waals surface area (Å²) in [5, 5.41) is 0.377. The number of nitrogens with zero attached hydrogens (tertiary/aromatic N) is 2. The van der Waals surface area contributed by atoms with Crippen LogP contribution in [0.25, 0.3) is 12.2 Å². The summed E-state index contributed by atoms with van der Waals surface area (Å²) in [6, 6.07) is 6.56. The van der Waals surface area contributed by atoms with E-state index in [0.29, 0.717) is 22.0 Å². The van der Waals surface area contributed by atoms with Crippen LogP contribution in [0.4, 0.5) is 10.1 Å². The Balaban J connectivity index is 2.22. The van der Waals surface area contributed by atoms with Crippen molar-refractivity contribution in [3.8, 4) is 0 Å². The molecule has 1 aliphatic rings. The summed E-state index contributed by atoms with van der Waals surface area (Å²) in [6.45, 7) is 1.67. The van der Waals surface area contributed by atoms with E-state index in [4.69, 9.17) is 23.2 Å². The van der Waals surface area contributed by atoms with Crippen LogP contribution < -0.4 is 4.90 Å². The summed E-state index contributed by atoms with van der Waals surface area (Å²) in [7, 11) is 0.